The number of anilines is 4. The number of Topliss-reactive ketones (excluding diaryl/α,β-unsaturated/α-hetero) is 2. The molecule has 1 amide bonds. The number of ether oxygens (including phenoxy) is 1. The third-order valence-electron chi connectivity index (χ3n) is 12.7. The number of hydrogen-bond donors (Lipinski definition) is 3. The van der Waals surface area contributed by atoms with Crippen LogP contribution in [0.5, 0.6) is 0 Å². The predicted molar refractivity (Wildman–Crippen MR) is 257 cm³/mol. The number of aromatic nitrogens is 6. The maximum absolute atomic E-state index is 12.4. The number of rotatable bonds is 12. The number of carbonyl (C=O) groups excluding carboxylic acids is 3. The van der Waals surface area contributed by atoms with E-state index in [2.05, 4.69) is 58.0 Å². The van der Waals surface area contributed by atoms with E-state index in [0.29, 0.717) is 69.2 Å². The van der Waals surface area contributed by atoms with E-state index in [1.165, 1.54) is 0 Å². The van der Waals surface area contributed by atoms with Gasteiger partial charge in [-0.05, 0) is 128 Å². The van der Waals surface area contributed by atoms with E-state index in [9.17, 15) is 24.9 Å². The zero-order valence-corrected chi connectivity index (χ0v) is 38.9. The van der Waals surface area contributed by atoms with Crippen molar-refractivity contribution in [3.05, 3.63) is 154 Å². The number of nitrogens with zero attached hydrogens (tertiary/aromatic N) is 9. The molecular weight excluding hydrogens is 869 g/mol. The molecule has 6 heterocycles. The van der Waals surface area contributed by atoms with Gasteiger partial charge in [-0.1, -0.05) is 24.3 Å². The van der Waals surface area contributed by atoms with Crippen molar-refractivity contribution < 1.29 is 19.1 Å². The van der Waals surface area contributed by atoms with Crippen molar-refractivity contribution in [2.75, 3.05) is 36.8 Å². The monoisotopic (exact) mass is 920 g/mol. The van der Waals surface area contributed by atoms with Gasteiger partial charge in [0.15, 0.2) is 0 Å². The van der Waals surface area contributed by atoms with Gasteiger partial charge in [0, 0.05) is 86.3 Å². The molecular formula is C53H52N12O4. The Balaban J connectivity index is 0.000000175. The molecule has 0 spiro atoms. The molecule has 4 aromatic heterocycles. The number of carbonyl (C=O) groups is 3. The lowest BCUT2D eigenvalue weighted by atomic mass is 9.75. The van der Waals surface area contributed by atoms with Gasteiger partial charge in [-0.2, -0.15) is 10.5 Å². The molecule has 16 heteroatoms. The van der Waals surface area contributed by atoms with Crippen LogP contribution in [0.15, 0.2) is 97.6 Å². The van der Waals surface area contributed by atoms with Gasteiger partial charge in [-0.15, -0.1) is 0 Å². The Labute approximate surface area is 400 Å². The van der Waals surface area contributed by atoms with Crippen LogP contribution in [0.4, 0.5) is 28.1 Å². The van der Waals surface area contributed by atoms with Crippen molar-refractivity contribution in [3.8, 4) is 12.1 Å². The lowest BCUT2D eigenvalue weighted by Gasteiger charge is -2.45. The number of hydrogen-bond acceptors (Lipinski definition) is 15. The molecule has 69 heavy (non-hydrogen) atoms. The number of benzene rings is 2. The Morgan fingerprint density at radius 2 is 1.13 bits per heavy atom. The first-order valence-corrected chi connectivity index (χ1v) is 23.1. The second-order valence-electron chi connectivity index (χ2n) is 19.1. The van der Waals surface area contributed by atoms with Crippen molar-refractivity contribution in [3.63, 3.8) is 0 Å². The highest BCUT2D eigenvalue weighted by atomic mass is 16.6. The number of fused-ring (bicyclic) bond motifs is 2. The number of ketones is 2. The molecule has 2 aliphatic carbocycles. The second-order valence-corrected chi connectivity index (χ2v) is 19.1. The molecule has 0 unspecified atom stereocenters. The zero-order valence-electron chi connectivity index (χ0n) is 38.9. The maximum Gasteiger partial charge on any atom is 0.410 e. The van der Waals surface area contributed by atoms with Crippen LogP contribution in [0.3, 0.4) is 0 Å². The summed E-state index contributed by atoms with van der Waals surface area (Å²) in [5.41, 5.74) is 9.44. The largest absolute Gasteiger partial charge is 0.444 e. The summed E-state index contributed by atoms with van der Waals surface area (Å²) in [7, 11) is 0. The van der Waals surface area contributed by atoms with E-state index < -0.39 is 22.5 Å². The minimum atomic E-state index is -0.860. The number of pyridine rings is 2. The smallest absolute Gasteiger partial charge is 0.410 e. The fourth-order valence-corrected chi connectivity index (χ4v) is 9.18. The van der Waals surface area contributed by atoms with E-state index >= 15 is 0 Å². The first-order chi connectivity index (χ1) is 33.3. The standard InChI is InChI=1S/C29H30N6O3.C24H22N6O/c1-28(2,3)38-27(37)35-17-29(16-30,18-35)25-19(5-4-11-31-25)6-8-22-10-12-32-26(33-22)34-23-9-7-20-14-24(36)15-21(20)13-23;25-13-24(14-26-15-24)22-16(2-1-8-27-22)3-5-19-7-9-28-23(29-19)30-20-6-4-17-11-21(31)12-18(17)10-20/h4-5,7,9-13H,6,8,14-15,17-18H2,1-3H3,(H,32,33,34);1-2,4,6-10,26H,3,5,11-12,14-15H2,(H,28,29,30). The summed E-state index contributed by atoms with van der Waals surface area (Å²) in [5, 5.41) is 29.4. The van der Waals surface area contributed by atoms with E-state index in [4.69, 9.17) is 4.74 Å². The van der Waals surface area contributed by atoms with Crippen LogP contribution in [0.2, 0.25) is 0 Å². The second kappa shape index (κ2) is 19.3. The van der Waals surface area contributed by atoms with Gasteiger partial charge in [0.1, 0.15) is 28.0 Å². The Kier molecular flexibility index (Phi) is 12.9. The van der Waals surface area contributed by atoms with Crippen LogP contribution in [0.25, 0.3) is 0 Å². The van der Waals surface area contributed by atoms with Crippen LogP contribution >= 0.6 is 0 Å². The lowest BCUT2D eigenvalue weighted by molar-refractivity contribution is -0.117. The molecule has 348 valence electrons. The summed E-state index contributed by atoms with van der Waals surface area (Å²) in [4.78, 5) is 64.5. The first-order valence-electron chi connectivity index (χ1n) is 23.1. The quantitative estimate of drug-likeness (QED) is 0.119. The number of aryl methyl sites for hydroxylation is 4. The van der Waals surface area contributed by atoms with E-state index in [0.717, 1.165) is 74.7 Å². The summed E-state index contributed by atoms with van der Waals surface area (Å²) >= 11 is 0. The molecule has 0 saturated carbocycles. The molecule has 2 aliphatic heterocycles. The van der Waals surface area contributed by atoms with Crippen LogP contribution in [-0.2, 0) is 76.5 Å². The fourth-order valence-electron chi connectivity index (χ4n) is 9.18. The molecule has 0 bridgehead atoms. The van der Waals surface area contributed by atoms with Crippen molar-refractivity contribution in [1.82, 2.24) is 40.1 Å². The molecule has 6 aromatic rings. The van der Waals surface area contributed by atoms with Crippen molar-refractivity contribution in [2.24, 2.45) is 0 Å². The number of likely N-dealkylation sites (tertiary alicyclic amines) is 1. The average molecular weight is 921 g/mol. The first kappa shape index (κ1) is 46.2. The minimum Gasteiger partial charge on any atom is -0.444 e. The topological polar surface area (TPSA) is 225 Å². The Morgan fingerprint density at radius 1 is 0.652 bits per heavy atom. The van der Waals surface area contributed by atoms with Crippen LogP contribution < -0.4 is 16.0 Å². The van der Waals surface area contributed by atoms with Gasteiger partial charge >= 0.3 is 6.09 Å². The molecule has 2 fully saturated rings. The summed E-state index contributed by atoms with van der Waals surface area (Å²) in [6.45, 7) is 7.23. The molecule has 16 nitrogen and oxygen atoms in total. The highest BCUT2D eigenvalue weighted by Gasteiger charge is 2.50. The number of amides is 1. The Hall–Kier alpha value is -7.95. The molecule has 2 aromatic carbocycles. The van der Waals surface area contributed by atoms with Crippen molar-refractivity contribution in [1.29, 1.82) is 10.5 Å². The SMILES string of the molecule is CC(C)(C)OC(=O)N1CC(C#N)(c2ncccc2CCc2ccnc(Nc3ccc4c(c3)CC(=O)C4)n2)C1.N#CC1(c2ncccc2CCc2ccnc(Nc3ccc4c(c3)CC(=O)C4)n2)CNC1. The van der Waals surface area contributed by atoms with Gasteiger partial charge in [0.05, 0.1) is 36.6 Å². The van der Waals surface area contributed by atoms with Crippen molar-refractivity contribution in [2.45, 2.75) is 88.6 Å². The third-order valence-corrected chi connectivity index (χ3v) is 12.7. The van der Waals surface area contributed by atoms with Gasteiger partial charge in [-0.3, -0.25) is 19.6 Å². The highest BCUT2D eigenvalue weighted by Crippen LogP contribution is 2.36. The zero-order chi connectivity index (χ0) is 48.2. The van der Waals surface area contributed by atoms with Gasteiger partial charge < -0.3 is 25.6 Å². The van der Waals surface area contributed by atoms with Crippen LogP contribution in [0, 0.1) is 22.7 Å². The summed E-state index contributed by atoms with van der Waals surface area (Å²) in [6.07, 6.45) is 11.2. The molecule has 4 aliphatic rings. The van der Waals surface area contributed by atoms with Crippen molar-refractivity contribution >= 4 is 40.9 Å². The lowest BCUT2D eigenvalue weighted by Crippen LogP contribution is -2.61. The number of nitriles is 2. The van der Waals surface area contributed by atoms with Gasteiger partial charge in [0.25, 0.3) is 0 Å². The Morgan fingerprint density at radius 3 is 1.58 bits per heavy atom. The minimum absolute atomic E-state index is 0.239. The molecule has 2 saturated heterocycles. The van der Waals surface area contributed by atoms with Gasteiger partial charge in [-0.25, -0.2) is 24.7 Å². The molecule has 0 radical (unpaired) electrons. The summed E-state index contributed by atoms with van der Waals surface area (Å²) < 4.78 is 5.45. The Bertz CT molecular complexity index is 3030. The normalized spacial score (nSPS) is 16.0. The van der Waals surface area contributed by atoms with Gasteiger partial charge in [0.2, 0.25) is 11.9 Å². The molecule has 3 N–H and O–H groups in total. The fraction of sp³-hybridized carbons (Fsp3) is 0.340. The molecule has 10 rings (SSSR count). The maximum atomic E-state index is 12.4. The summed E-state index contributed by atoms with van der Waals surface area (Å²) in [6, 6.07) is 28.3. The van der Waals surface area contributed by atoms with E-state index in [1.807, 2.05) is 93.6 Å². The van der Waals surface area contributed by atoms with Crippen LogP contribution in [0.1, 0.15) is 76.9 Å². The predicted octanol–water partition coefficient (Wildman–Crippen LogP) is 6.51. The van der Waals surface area contributed by atoms with E-state index in [-0.39, 0.29) is 24.7 Å². The average Bonchev–Trinajstić information content (AvgIpc) is 3.87. The highest BCUT2D eigenvalue weighted by molar-refractivity contribution is 5.89. The van der Waals surface area contributed by atoms with E-state index in [1.54, 1.807) is 29.7 Å². The number of nitrogens with one attached hydrogen (secondary N) is 3. The third kappa shape index (κ3) is 10.5. The van der Waals surface area contributed by atoms with Crippen LogP contribution in [-0.4, -0.2) is 84.2 Å². The molecule has 0 atom stereocenters. The summed E-state index contributed by atoms with van der Waals surface area (Å²) in [5.74, 6) is 1.52.